The van der Waals surface area contributed by atoms with Crippen LogP contribution >= 0.6 is 0 Å². The molecule has 24 heavy (non-hydrogen) atoms. The molecule has 0 bridgehead atoms. The Morgan fingerprint density at radius 2 is 1.38 bits per heavy atom. The summed E-state index contributed by atoms with van der Waals surface area (Å²) < 4.78 is 0. The third kappa shape index (κ3) is 3.46. The van der Waals surface area contributed by atoms with Crippen LogP contribution in [-0.2, 0) is 0 Å². The van der Waals surface area contributed by atoms with Gasteiger partial charge in [0.15, 0.2) is 0 Å². The molecule has 0 N–H and O–H groups in total. The van der Waals surface area contributed by atoms with E-state index in [4.69, 9.17) is 0 Å². The predicted octanol–water partition coefficient (Wildman–Crippen LogP) is 3.20. The average Bonchev–Trinajstić information content (AvgIpc) is 2.60. The average molecular weight is 330 g/mol. The van der Waals surface area contributed by atoms with E-state index in [1.165, 1.54) is 66.4 Å². The van der Waals surface area contributed by atoms with Crippen molar-refractivity contribution in [2.75, 3.05) is 23.9 Å². The number of rotatable bonds is 4. The van der Waals surface area contributed by atoms with E-state index in [1.54, 1.807) is 6.07 Å². The van der Waals surface area contributed by atoms with Gasteiger partial charge in [0, 0.05) is 44.0 Å². The van der Waals surface area contributed by atoms with E-state index in [9.17, 15) is 25.0 Å². The molecule has 0 atom stereocenters. The number of nitro groups is 2. The summed E-state index contributed by atoms with van der Waals surface area (Å²) in [6, 6.07) is 10.8. The smallest absolute Gasteiger partial charge is 0.297 e. The van der Waals surface area contributed by atoms with Gasteiger partial charge in [0.25, 0.3) is 11.4 Å². The highest BCUT2D eigenvalue weighted by atomic mass is 16.6. The molecule has 0 aromatic heterocycles. The zero-order chi connectivity index (χ0) is 17.9. The van der Waals surface area contributed by atoms with Gasteiger partial charge < -0.3 is 0 Å². The molecule has 0 radical (unpaired) electrons. The standard InChI is InChI=1S/C15H14N4O5/c1-16(11-6-8-12(9-7-11)18(21)22)15(20)17(2)13-4-3-5-14(10-13)19(23)24/h3-10H,1-2H3. The second-order valence-electron chi connectivity index (χ2n) is 4.95. The van der Waals surface area contributed by atoms with Crippen LogP contribution in [0.2, 0.25) is 0 Å². The van der Waals surface area contributed by atoms with Crippen molar-refractivity contribution >= 4 is 28.8 Å². The fraction of sp³-hybridized carbons (Fsp3) is 0.133. The first-order valence-corrected chi connectivity index (χ1v) is 6.81. The van der Waals surface area contributed by atoms with E-state index in [1.807, 2.05) is 0 Å². The SMILES string of the molecule is CN(C(=O)N(C)c1cccc([N+](=O)[O-])c1)c1ccc([N+](=O)[O-])cc1. The molecule has 0 spiro atoms. The van der Waals surface area contributed by atoms with Gasteiger partial charge in [-0.1, -0.05) is 6.07 Å². The molecule has 0 unspecified atom stereocenters. The number of nitro benzene ring substituents is 2. The minimum absolute atomic E-state index is 0.0772. The minimum atomic E-state index is -0.540. The summed E-state index contributed by atoms with van der Waals surface area (Å²) in [7, 11) is 3.00. The summed E-state index contributed by atoms with van der Waals surface area (Å²) in [5.74, 6) is 0. The molecular formula is C15H14N4O5. The lowest BCUT2D eigenvalue weighted by molar-refractivity contribution is -0.385. The lowest BCUT2D eigenvalue weighted by atomic mass is 10.2. The number of urea groups is 1. The van der Waals surface area contributed by atoms with E-state index in [-0.39, 0.29) is 11.4 Å². The Labute approximate surface area is 137 Å². The first-order chi connectivity index (χ1) is 11.3. The number of nitrogens with zero attached hydrogens (tertiary/aromatic N) is 4. The Morgan fingerprint density at radius 3 is 1.92 bits per heavy atom. The minimum Gasteiger partial charge on any atom is -0.297 e. The highest BCUT2D eigenvalue weighted by Gasteiger charge is 2.19. The van der Waals surface area contributed by atoms with E-state index in [0.717, 1.165) is 0 Å². The number of anilines is 2. The van der Waals surface area contributed by atoms with Crippen molar-refractivity contribution in [3.63, 3.8) is 0 Å². The maximum absolute atomic E-state index is 12.5. The lowest BCUT2D eigenvalue weighted by Crippen LogP contribution is -2.38. The van der Waals surface area contributed by atoms with Gasteiger partial charge >= 0.3 is 6.03 Å². The van der Waals surface area contributed by atoms with Gasteiger partial charge in [0.05, 0.1) is 15.5 Å². The molecule has 0 saturated carbocycles. The summed E-state index contributed by atoms with van der Waals surface area (Å²) in [5.41, 5.74) is 0.627. The van der Waals surface area contributed by atoms with E-state index < -0.39 is 15.9 Å². The van der Waals surface area contributed by atoms with Crippen LogP contribution in [0.3, 0.4) is 0 Å². The van der Waals surface area contributed by atoms with Crippen molar-refractivity contribution in [1.82, 2.24) is 0 Å². The zero-order valence-electron chi connectivity index (χ0n) is 12.9. The number of hydrogen-bond acceptors (Lipinski definition) is 5. The molecule has 0 aliphatic rings. The molecule has 2 amide bonds. The first-order valence-electron chi connectivity index (χ1n) is 6.81. The van der Waals surface area contributed by atoms with Crippen LogP contribution in [-0.4, -0.2) is 30.0 Å². The molecular weight excluding hydrogens is 316 g/mol. The third-order valence-electron chi connectivity index (χ3n) is 3.45. The molecule has 0 heterocycles. The maximum Gasteiger partial charge on any atom is 0.328 e. The third-order valence-corrected chi connectivity index (χ3v) is 3.45. The highest BCUT2D eigenvalue weighted by molar-refractivity contribution is 6.03. The van der Waals surface area contributed by atoms with E-state index in [0.29, 0.717) is 11.4 Å². The van der Waals surface area contributed by atoms with Crippen molar-refractivity contribution in [3.05, 3.63) is 68.8 Å². The van der Waals surface area contributed by atoms with E-state index in [2.05, 4.69) is 0 Å². The fourth-order valence-electron chi connectivity index (χ4n) is 2.06. The van der Waals surface area contributed by atoms with Crippen molar-refractivity contribution in [1.29, 1.82) is 0 Å². The van der Waals surface area contributed by atoms with Crippen molar-refractivity contribution in [2.24, 2.45) is 0 Å². The van der Waals surface area contributed by atoms with Gasteiger partial charge in [-0.05, 0) is 18.2 Å². The molecule has 124 valence electrons. The van der Waals surface area contributed by atoms with Crippen LogP contribution in [0.15, 0.2) is 48.5 Å². The van der Waals surface area contributed by atoms with Crippen molar-refractivity contribution in [3.8, 4) is 0 Å². The molecule has 2 aromatic carbocycles. The topological polar surface area (TPSA) is 110 Å². The Kier molecular flexibility index (Phi) is 4.73. The second kappa shape index (κ2) is 6.73. The molecule has 0 aliphatic carbocycles. The Balaban J connectivity index is 2.22. The first kappa shape index (κ1) is 16.9. The van der Waals surface area contributed by atoms with Gasteiger partial charge in [0.1, 0.15) is 0 Å². The fourth-order valence-corrected chi connectivity index (χ4v) is 2.06. The number of amides is 2. The van der Waals surface area contributed by atoms with Crippen LogP contribution in [0.1, 0.15) is 0 Å². The van der Waals surface area contributed by atoms with Crippen LogP contribution < -0.4 is 9.80 Å². The number of carbonyl (C=O) groups excluding carboxylic acids is 1. The normalized spacial score (nSPS) is 10.1. The number of hydrogen-bond donors (Lipinski definition) is 0. The van der Waals surface area contributed by atoms with Crippen LogP contribution in [0.25, 0.3) is 0 Å². The quantitative estimate of drug-likeness (QED) is 0.631. The molecule has 2 rings (SSSR count). The molecule has 9 heteroatoms. The number of carbonyl (C=O) groups is 1. The van der Waals surface area contributed by atoms with Crippen molar-refractivity contribution in [2.45, 2.75) is 0 Å². The molecule has 0 saturated heterocycles. The highest BCUT2D eigenvalue weighted by Crippen LogP contribution is 2.23. The van der Waals surface area contributed by atoms with Crippen LogP contribution in [0.4, 0.5) is 27.5 Å². The molecule has 9 nitrogen and oxygen atoms in total. The summed E-state index contributed by atoms with van der Waals surface area (Å²) in [5, 5.41) is 21.5. The Hall–Kier alpha value is -3.49. The second-order valence-corrected chi connectivity index (χ2v) is 4.95. The zero-order valence-corrected chi connectivity index (χ0v) is 12.9. The maximum atomic E-state index is 12.5. The number of non-ortho nitro benzene ring substituents is 2. The Bertz CT molecular complexity index is 791. The van der Waals surface area contributed by atoms with E-state index >= 15 is 0 Å². The van der Waals surface area contributed by atoms with Gasteiger partial charge in [-0.3, -0.25) is 30.0 Å². The molecule has 0 fully saturated rings. The van der Waals surface area contributed by atoms with Crippen molar-refractivity contribution < 1.29 is 14.6 Å². The van der Waals surface area contributed by atoms with Gasteiger partial charge in [0.2, 0.25) is 0 Å². The monoisotopic (exact) mass is 330 g/mol. The summed E-state index contributed by atoms with van der Waals surface area (Å²) in [4.78, 5) is 35.5. The van der Waals surface area contributed by atoms with Gasteiger partial charge in [-0.15, -0.1) is 0 Å². The van der Waals surface area contributed by atoms with Crippen LogP contribution in [0, 0.1) is 20.2 Å². The predicted molar refractivity (Wildman–Crippen MR) is 88.4 cm³/mol. The molecule has 2 aromatic rings. The van der Waals surface area contributed by atoms with Gasteiger partial charge in [-0.2, -0.15) is 0 Å². The number of benzene rings is 2. The van der Waals surface area contributed by atoms with Crippen LogP contribution in [0.5, 0.6) is 0 Å². The lowest BCUT2D eigenvalue weighted by Gasteiger charge is -2.24. The Morgan fingerprint density at radius 1 is 0.833 bits per heavy atom. The summed E-state index contributed by atoms with van der Waals surface area (Å²) in [6.45, 7) is 0. The largest absolute Gasteiger partial charge is 0.328 e. The molecule has 0 aliphatic heterocycles. The summed E-state index contributed by atoms with van der Waals surface area (Å²) >= 11 is 0. The summed E-state index contributed by atoms with van der Waals surface area (Å²) in [6.07, 6.45) is 0. The van der Waals surface area contributed by atoms with Gasteiger partial charge in [-0.25, -0.2) is 4.79 Å².